The van der Waals surface area contributed by atoms with E-state index < -0.39 is 5.92 Å². The van der Waals surface area contributed by atoms with Crippen LogP contribution >= 0.6 is 0 Å². The average Bonchev–Trinajstić information content (AvgIpc) is 3.12. The first kappa shape index (κ1) is 17.3. The molecule has 3 rings (SSSR count). The molecule has 0 radical (unpaired) electrons. The summed E-state index contributed by atoms with van der Waals surface area (Å²) in [4.78, 5) is 24.4. The van der Waals surface area contributed by atoms with Gasteiger partial charge in [-0.3, -0.25) is 9.59 Å². The lowest BCUT2D eigenvalue weighted by Gasteiger charge is -2.20. The summed E-state index contributed by atoms with van der Waals surface area (Å²) in [6.07, 6.45) is 7.15. The van der Waals surface area contributed by atoms with Crippen LogP contribution in [0.15, 0.2) is 30.4 Å². The molecule has 0 aromatic heterocycles. The second-order valence-corrected chi connectivity index (χ2v) is 6.34. The third-order valence-electron chi connectivity index (χ3n) is 4.62. The maximum Gasteiger partial charge on any atom is 0.310 e. The molecule has 1 aromatic carbocycles. The summed E-state index contributed by atoms with van der Waals surface area (Å²) in [5.74, 6) is 0.615. The fraction of sp³-hybridized carbons (Fsp3) is 0.474. The predicted octanol–water partition coefficient (Wildman–Crippen LogP) is 2.22. The fourth-order valence-electron chi connectivity index (χ4n) is 3.16. The Morgan fingerprint density at radius 3 is 2.88 bits per heavy atom. The lowest BCUT2D eigenvalue weighted by atomic mass is 9.93. The number of nitrogens with one attached hydrogen (secondary N) is 1. The van der Waals surface area contributed by atoms with Crippen LogP contribution in [0.25, 0.3) is 0 Å². The first-order valence-electron chi connectivity index (χ1n) is 8.56. The van der Waals surface area contributed by atoms with Crippen molar-refractivity contribution in [2.45, 2.75) is 25.7 Å². The second-order valence-electron chi connectivity index (χ2n) is 6.34. The smallest absolute Gasteiger partial charge is 0.310 e. The minimum Gasteiger partial charge on any atom is -0.469 e. The Kier molecular flexibility index (Phi) is 5.58. The van der Waals surface area contributed by atoms with Gasteiger partial charge in [0.2, 0.25) is 12.7 Å². The van der Waals surface area contributed by atoms with Gasteiger partial charge in [-0.2, -0.15) is 0 Å². The number of hydrogen-bond donors (Lipinski definition) is 1. The van der Waals surface area contributed by atoms with Crippen LogP contribution in [-0.2, 0) is 20.7 Å². The molecule has 2 aliphatic rings. The summed E-state index contributed by atoms with van der Waals surface area (Å²) in [7, 11) is 1.36. The first-order valence-corrected chi connectivity index (χ1v) is 8.56. The Bertz CT molecular complexity index is 670. The van der Waals surface area contributed by atoms with Crippen LogP contribution in [0.3, 0.4) is 0 Å². The van der Waals surface area contributed by atoms with Crippen molar-refractivity contribution in [3.05, 3.63) is 35.9 Å². The number of allylic oxidation sites excluding steroid dienone is 2. The van der Waals surface area contributed by atoms with Crippen molar-refractivity contribution < 1.29 is 23.8 Å². The number of rotatable bonds is 6. The van der Waals surface area contributed by atoms with Crippen LogP contribution in [0, 0.1) is 11.8 Å². The number of carbonyl (C=O) groups is 2. The molecule has 2 atom stereocenters. The molecule has 1 heterocycles. The van der Waals surface area contributed by atoms with Gasteiger partial charge >= 0.3 is 5.97 Å². The Morgan fingerprint density at radius 1 is 1.28 bits per heavy atom. The monoisotopic (exact) mass is 345 g/mol. The summed E-state index contributed by atoms with van der Waals surface area (Å²) in [6.45, 7) is 0.477. The Hall–Kier alpha value is -2.50. The van der Waals surface area contributed by atoms with E-state index in [1.54, 1.807) is 0 Å². The van der Waals surface area contributed by atoms with Gasteiger partial charge in [-0.25, -0.2) is 0 Å². The van der Waals surface area contributed by atoms with Gasteiger partial charge < -0.3 is 19.5 Å². The SMILES string of the molecule is COC(=O)[C@H](CNC(=O)[C@@H]1CC=CCC1)Cc1ccc2c(c1)OCO2. The first-order chi connectivity index (χ1) is 12.2. The number of fused-ring (bicyclic) bond motifs is 1. The molecule has 1 amide bonds. The van der Waals surface area contributed by atoms with Crippen molar-refractivity contribution in [1.29, 1.82) is 0 Å². The van der Waals surface area contributed by atoms with Gasteiger partial charge in [0.1, 0.15) is 0 Å². The quantitative estimate of drug-likeness (QED) is 0.632. The highest BCUT2D eigenvalue weighted by atomic mass is 16.7. The van der Waals surface area contributed by atoms with Crippen LogP contribution < -0.4 is 14.8 Å². The number of esters is 1. The van der Waals surface area contributed by atoms with E-state index in [-0.39, 0.29) is 31.1 Å². The van der Waals surface area contributed by atoms with Gasteiger partial charge in [0, 0.05) is 12.5 Å². The second kappa shape index (κ2) is 8.05. The molecular formula is C19H23NO5. The third-order valence-corrected chi connectivity index (χ3v) is 4.62. The van der Waals surface area contributed by atoms with E-state index >= 15 is 0 Å². The van der Waals surface area contributed by atoms with Crippen molar-refractivity contribution in [3.63, 3.8) is 0 Å². The number of hydrogen-bond acceptors (Lipinski definition) is 5. The van der Waals surface area contributed by atoms with E-state index in [4.69, 9.17) is 14.2 Å². The third kappa shape index (κ3) is 4.32. The van der Waals surface area contributed by atoms with Gasteiger partial charge in [0.05, 0.1) is 13.0 Å². The Balaban J connectivity index is 1.60. The van der Waals surface area contributed by atoms with E-state index in [0.29, 0.717) is 17.9 Å². The molecule has 0 spiro atoms. The number of ether oxygens (including phenoxy) is 3. The molecule has 1 aromatic rings. The Morgan fingerprint density at radius 2 is 2.12 bits per heavy atom. The molecule has 0 saturated heterocycles. The number of carbonyl (C=O) groups excluding carboxylic acids is 2. The van der Waals surface area contributed by atoms with E-state index in [2.05, 4.69) is 11.4 Å². The van der Waals surface area contributed by atoms with Crippen molar-refractivity contribution in [2.75, 3.05) is 20.4 Å². The van der Waals surface area contributed by atoms with E-state index in [9.17, 15) is 9.59 Å². The number of amides is 1. The molecule has 1 N–H and O–H groups in total. The molecule has 0 unspecified atom stereocenters. The van der Waals surface area contributed by atoms with Crippen LogP contribution in [0.4, 0.5) is 0 Å². The van der Waals surface area contributed by atoms with E-state index in [1.807, 2.05) is 24.3 Å². The molecule has 134 valence electrons. The summed E-state index contributed by atoms with van der Waals surface area (Å²) in [6, 6.07) is 5.60. The van der Waals surface area contributed by atoms with Crippen molar-refractivity contribution in [1.82, 2.24) is 5.32 Å². The number of methoxy groups -OCH3 is 1. The Labute approximate surface area is 147 Å². The lowest BCUT2D eigenvalue weighted by molar-refractivity contribution is -0.145. The van der Waals surface area contributed by atoms with Gasteiger partial charge in [0.15, 0.2) is 11.5 Å². The molecule has 0 fully saturated rings. The van der Waals surface area contributed by atoms with Crippen LogP contribution in [0.2, 0.25) is 0 Å². The summed E-state index contributed by atoms with van der Waals surface area (Å²) in [5.41, 5.74) is 0.939. The average molecular weight is 345 g/mol. The zero-order valence-electron chi connectivity index (χ0n) is 14.3. The fourth-order valence-corrected chi connectivity index (χ4v) is 3.16. The lowest BCUT2D eigenvalue weighted by Crippen LogP contribution is -2.38. The van der Waals surface area contributed by atoms with Crippen LogP contribution in [0.5, 0.6) is 11.5 Å². The largest absolute Gasteiger partial charge is 0.469 e. The molecule has 6 nitrogen and oxygen atoms in total. The summed E-state index contributed by atoms with van der Waals surface area (Å²) < 4.78 is 15.6. The highest BCUT2D eigenvalue weighted by Gasteiger charge is 2.24. The van der Waals surface area contributed by atoms with Gasteiger partial charge in [-0.05, 0) is 43.4 Å². The summed E-state index contributed by atoms with van der Waals surface area (Å²) in [5, 5.41) is 2.91. The van der Waals surface area contributed by atoms with Crippen molar-refractivity contribution in [2.24, 2.45) is 11.8 Å². The van der Waals surface area contributed by atoms with Crippen molar-refractivity contribution >= 4 is 11.9 Å². The normalized spacial score (nSPS) is 19.3. The van der Waals surface area contributed by atoms with Crippen molar-refractivity contribution in [3.8, 4) is 11.5 Å². The maximum atomic E-state index is 12.3. The molecule has 1 aliphatic heterocycles. The zero-order chi connectivity index (χ0) is 17.6. The van der Waals surface area contributed by atoms with E-state index in [0.717, 1.165) is 24.8 Å². The minimum atomic E-state index is -0.437. The van der Waals surface area contributed by atoms with Gasteiger partial charge in [-0.1, -0.05) is 18.2 Å². The van der Waals surface area contributed by atoms with Crippen LogP contribution in [0.1, 0.15) is 24.8 Å². The van der Waals surface area contributed by atoms with Crippen LogP contribution in [-0.4, -0.2) is 32.3 Å². The molecule has 25 heavy (non-hydrogen) atoms. The molecule has 1 aliphatic carbocycles. The maximum absolute atomic E-state index is 12.3. The van der Waals surface area contributed by atoms with E-state index in [1.165, 1.54) is 7.11 Å². The zero-order valence-corrected chi connectivity index (χ0v) is 14.3. The highest BCUT2D eigenvalue weighted by Crippen LogP contribution is 2.33. The molecule has 0 saturated carbocycles. The number of benzene rings is 1. The predicted molar refractivity (Wildman–Crippen MR) is 91.3 cm³/mol. The topological polar surface area (TPSA) is 73.9 Å². The standard InChI is InChI=1S/C19H23NO5/c1-23-19(22)15(11-20-18(21)14-5-3-2-4-6-14)9-13-7-8-16-17(10-13)25-12-24-16/h2-3,7-8,10,14-15H,4-6,9,11-12H2,1H3,(H,20,21)/t14-,15+/m1/s1. The molecule has 0 bridgehead atoms. The minimum absolute atomic E-state index is 0.00365. The van der Waals surface area contributed by atoms with Gasteiger partial charge in [-0.15, -0.1) is 0 Å². The van der Waals surface area contributed by atoms with Gasteiger partial charge in [0.25, 0.3) is 0 Å². The highest BCUT2D eigenvalue weighted by molar-refractivity contribution is 5.80. The molecular weight excluding hydrogens is 322 g/mol. The summed E-state index contributed by atoms with van der Waals surface area (Å²) >= 11 is 0. The molecule has 6 heteroatoms.